The molecule has 0 aromatic carbocycles. The summed E-state index contributed by atoms with van der Waals surface area (Å²) in [7, 11) is 0. The van der Waals surface area contributed by atoms with Gasteiger partial charge in [-0.3, -0.25) is 4.79 Å². The van der Waals surface area contributed by atoms with Gasteiger partial charge >= 0.3 is 5.97 Å². The van der Waals surface area contributed by atoms with Gasteiger partial charge in [-0.25, -0.2) is 0 Å². The van der Waals surface area contributed by atoms with E-state index in [0.29, 0.717) is 30.1 Å². The Morgan fingerprint density at radius 2 is 1.62 bits per heavy atom. The molecule has 5 aliphatic carbocycles. The number of carbonyl (C=O) groups is 1. The van der Waals surface area contributed by atoms with E-state index in [9.17, 15) is 20.1 Å². The number of rotatable bonds is 1. The Morgan fingerprint density at radius 1 is 0.941 bits per heavy atom. The smallest absolute Gasteiger partial charge is 0.310 e. The summed E-state index contributed by atoms with van der Waals surface area (Å²) in [4.78, 5) is 12.8. The second kappa shape index (κ2) is 7.34. The molecule has 34 heavy (non-hydrogen) atoms. The van der Waals surface area contributed by atoms with E-state index < -0.39 is 23.6 Å². The third kappa shape index (κ3) is 2.76. The third-order valence-corrected chi connectivity index (χ3v) is 13.4. The number of allylic oxidation sites excluding steroid dienone is 2. The predicted octanol–water partition coefficient (Wildman–Crippen LogP) is 6.06. The van der Waals surface area contributed by atoms with E-state index in [1.54, 1.807) is 0 Å². The first kappa shape index (κ1) is 24.8. The van der Waals surface area contributed by atoms with Gasteiger partial charge < -0.3 is 15.3 Å². The summed E-state index contributed by atoms with van der Waals surface area (Å²) in [5, 5.41) is 32.4. The highest BCUT2D eigenvalue weighted by atomic mass is 16.4. The number of hydrogen-bond acceptors (Lipinski definition) is 3. The van der Waals surface area contributed by atoms with Gasteiger partial charge in [0.25, 0.3) is 0 Å². The lowest BCUT2D eigenvalue weighted by Crippen LogP contribution is -2.67. The average molecular weight is 473 g/mol. The SMILES string of the molecule is C[C@H]1[C@H](C)CC[C@]2(C(=O)O)CC[C@]3(C)C(=CC[C@@H]4[C@@]5(C)C[C@H](O)[C@H](O)C(C)(C)[C@@H]5CC[C@]43C)[C@H]12. The van der Waals surface area contributed by atoms with Gasteiger partial charge in [0, 0.05) is 0 Å². The van der Waals surface area contributed by atoms with Crippen LogP contribution in [-0.4, -0.2) is 33.5 Å². The van der Waals surface area contributed by atoms with Crippen molar-refractivity contribution in [3.63, 3.8) is 0 Å². The largest absolute Gasteiger partial charge is 0.481 e. The molecule has 4 saturated carbocycles. The minimum Gasteiger partial charge on any atom is -0.481 e. The maximum absolute atomic E-state index is 12.8. The molecule has 0 amide bonds. The summed E-state index contributed by atoms with van der Waals surface area (Å²) < 4.78 is 0. The topological polar surface area (TPSA) is 77.8 Å². The van der Waals surface area contributed by atoms with Crippen LogP contribution in [0.5, 0.6) is 0 Å². The van der Waals surface area contributed by atoms with Crippen LogP contribution in [0.3, 0.4) is 0 Å². The Bertz CT molecular complexity index is 907. The van der Waals surface area contributed by atoms with Crippen LogP contribution in [0.1, 0.15) is 99.8 Å². The van der Waals surface area contributed by atoms with Gasteiger partial charge in [-0.15, -0.1) is 0 Å². The molecular weight excluding hydrogens is 424 g/mol. The van der Waals surface area contributed by atoms with Crippen LogP contribution in [0.4, 0.5) is 0 Å². The lowest BCUT2D eigenvalue weighted by molar-refractivity contribution is -0.232. The van der Waals surface area contributed by atoms with Crippen LogP contribution in [0, 0.1) is 56.7 Å². The van der Waals surface area contributed by atoms with Gasteiger partial charge in [0.15, 0.2) is 0 Å². The Morgan fingerprint density at radius 3 is 2.26 bits per heavy atom. The minimum atomic E-state index is -0.679. The van der Waals surface area contributed by atoms with E-state index in [0.717, 1.165) is 44.9 Å². The summed E-state index contributed by atoms with van der Waals surface area (Å²) in [6.07, 6.45) is 8.53. The Hall–Kier alpha value is -0.870. The fourth-order valence-electron chi connectivity index (χ4n) is 11.0. The molecule has 5 aliphatic rings. The van der Waals surface area contributed by atoms with E-state index in [-0.39, 0.29) is 27.6 Å². The number of aliphatic hydroxyl groups is 2. The van der Waals surface area contributed by atoms with Crippen molar-refractivity contribution < 1.29 is 20.1 Å². The summed E-state index contributed by atoms with van der Waals surface area (Å²) in [6, 6.07) is 0. The van der Waals surface area contributed by atoms with Crippen molar-refractivity contribution >= 4 is 5.97 Å². The number of carboxylic acids is 1. The first-order chi connectivity index (χ1) is 15.7. The molecule has 0 heterocycles. The van der Waals surface area contributed by atoms with Gasteiger partial charge in [0.1, 0.15) is 0 Å². The van der Waals surface area contributed by atoms with E-state index in [1.165, 1.54) is 5.57 Å². The number of fused-ring (bicyclic) bond motifs is 7. The lowest BCUT2D eigenvalue weighted by atomic mass is 9.33. The van der Waals surface area contributed by atoms with Gasteiger partial charge in [0.05, 0.1) is 17.6 Å². The zero-order valence-corrected chi connectivity index (χ0v) is 22.5. The van der Waals surface area contributed by atoms with Crippen molar-refractivity contribution in [2.45, 2.75) is 112 Å². The summed E-state index contributed by atoms with van der Waals surface area (Å²) in [6.45, 7) is 16.3. The number of aliphatic carboxylic acids is 1. The van der Waals surface area contributed by atoms with Crippen LogP contribution in [0.15, 0.2) is 11.6 Å². The third-order valence-electron chi connectivity index (χ3n) is 13.4. The second-order valence-corrected chi connectivity index (χ2v) is 14.6. The maximum Gasteiger partial charge on any atom is 0.310 e. The zero-order chi connectivity index (χ0) is 25.1. The Labute approximate surface area is 206 Å². The molecule has 4 fully saturated rings. The first-order valence-corrected chi connectivity index (χ1v) is 14.0. The molecule has 3 N–H and O–H groups in total. The molecule has 0 unspecified atom stereocenters. The molecule has 192 valence electrons. The van der Waals surface area contributed by atoms with Gasteiger partial charge in [-0.2, -0.15) is 0 Å². The summed E-state index contributed by atoms with van der Waals surface area (Å²) >= 11 is 0. The number of hydrogen-bond donors (Lipinski definition) is 3. The van der Waals surface area contributed by atoms with Crippen molar-refractivity contribution in [3.8, 4) is 0 Å². The monoisotopic (exact) mass is 472 g/mol. The normalized spacial score (nSPS) is 56.3. The van der Waals surface area contributed by atoms with Gasteiger partial charge in [-0.1, -0.05) is 60.1 Å². The minimum absolute atomic E-state index is 0.00993. The van der Waals surface area contributed by atoms with Crippen molar-refractivity contribution in [2.75, 3.05) is 0 Å². The lowest BCUT2D eigenvalue weighted by Gasteiger charge is -2.71. The standard InChI is InChI=1S/C30H48O4/c1-17-10-13-30(25(33)34)15-14-28(6)19(23(30)18(17)2)8-9-22-27(5)16-20(31)24(32)26(3,4)21(27)11-12-29(22,28)7/h8,17-18,20-24,31-32H,9-16H2,1-7H3,(H,33,34)/t17-,18+,20+,21+,22-,23+,24+,27+,28-,29-,30+/m1/s1. The van der Waals surface area contributed by atoms with Gasteiger partial charge in [-0.05, 0) is 103 Å². The maximum atomic E-state index is 12.8. The van der Waals surface area contributed by atoms with Crippen molar-refractivity contribution in [2.24, 2.45) is 56.7 Å². The van der Waals surface area contributed by atoms with Crippen molar-refractivity contribution in [1.82, 2.24) is 0 Å². The van der Waals surface area contributed by atoms with E-state index in [2.05, 4.69) is 54.5 Å². The van der Waals surface area contributed by atoms with Crippen LogP contribution in [-0.2, 0) is 4.79 Å². The summed E-state index contributed by atoms with van der Waals surface area (Å²) in [5.41, 5.74) is 0.574. The number of aliphatic hydroxyl groups excluding tert-OH is 2. The van der Waals surface area contributed by atoms with Crippen LogP contribution in [0.25, 0.3) is 0 Å². The molecule has 0 aromatic rings. The average Bonchev–Trinajstić information content (AvgIpc) is 2.75. The fraction of sp³-hybridized carbons (Fsp3) is 0.900. The second-order valence-electron chi connectivity index (χ2n) is 14.6. The zero-order valence-electron chi connectivity index (χ0n) is 22.5. The molecule has 0 spiro atoms. The van der Waals surface area contributed by atoms with Crippen LogP contribution < -0.4 is 0 Å². The highest BCUT2D eigenvalue weighted by Gasteiger charge is 2.70. The number of carboxylic acid groups (broad SMARTS) is 1. The Balaban J connectivity index is 1.62. The van der Waals surface area contributed by atoms with Gasteiger partial charge in [0.2, 0.25) is 0 Å². The Kier molecular flexibility index (Phi) is 5.36. The van der Waals surface area contributed by atoms with Crippen LogP contribution in [0.2, 0.25) is 0 Å². The molecule has 11 atom stereocenters. The molecule has 4 heteroatoms. The van der Waals surface area contributed by atoms with Crippen molar-refractivity contribution in [1.29, 1.82) is 0 Å². The molecule has 0 radical (unpaired) electrons. The first-order valence-electron chi connectivity index (χ1n) is 14.0. The molecule has 0 bridgehead atoms. The van der Waals surface area contributed by atoms with Crippen LogP contribution >= 0.6 is 0 Å². The molecule has 4 nitrogen and oxygen atoms in total. The molecule has 0 saturated heterocycles. The molecule has 0 aliphatic heterocycles. The van der Waals surface area contributed by atoms with E-state index in [4.69, 9.17) is 0 Å². The summed E-state index contributed by atoms with van der Waals surface area (Å²) in [5.74, 6) is 1.30. The quantitative estimate of drug-likeness (QED) is 0.405. The van der Waals surface area contributed by atoms with Crippen molar-refractivity contribution in [3.05, 3.63) is 11.6 Å². The van der Waals surface area contributed by atoms with E-state index >= 15 is 0 Å². The molecule has 5 rings (SSSR count). The van der Waals surface area contributed by atoms with E-state index in [1.807, 2.05) is 0 Å². The highest BCUT2D eigenvalue weighted by Crippen LogP contribution is 2.75. The highest BCUT2D eigenvalue weighted by molar-refractivity contribution is 5.76. The fourth-order valence-corrected chi connectivity index (χ4v) is 11.0. The molecule has 0 aromatic heterocycles. The molecular formula is C30H48O4. The predicted molar refractivity (Wildman–Crippen MR) is 134 cm³/mol.